The van der Waals surface area contributed by atoms with Crippen molar-refractivity contribution in [3.63, 3.8) is 0 Å². The highest BCUT2D eigenvalue weighted by molar-refractivity contribution is 6.33. The zero-order valence-electron chi connectivity index (χ0n) is 10.8. The van der Waals surface area contributed by atoms with Gasteiger partial charge in [0.05, 0.1) is 5.92 Å². The van der Waals surface area contributed by atoms with E-state index in [1.807, 2.05) is 30.5 Å². The molecule has 0 bridgehead atoms. The molecule has 4 heteroatoms. The predicted octanol–water partition coefficient (Wildman–Crippen LogP) is 3.65. The van der Waals surface area contributed by atoms with E-state index in [1.54, 1.807) is 0 Å². The van der Waals surface area contributed by atoms with E-state index in [4.69, 9.17) is 16.7 Å². The molecule has 0 heterocycles. The first-order chi connectivity index (χ1) is 9.16. The quantitative estimate of drug-likeness (QED) is 0.855. The van der Waals surface area contributed by atoms with Crippen LogP contribution in [-0.4, -0.2) is 23.8 Å². The number of halogens is 1. The normalized spacial score (nSPS) is 23.6. The molecule has 1 saturated carbocycles. The lowest BCUT2D eigenvalue weighted by atomic mass is 9.82. The minimum absolute atomic E-state index is 0.149. The van der Waals surface area contributed by atoms with Crippen LogP contribution in [0.4, 0.5) is 0 Å². The third-order valence-corrected chi connectivity index (χ3v) is 4.04. The van der Waals surface area contributed by atoms with Crippen LogP contribution in [0.25, 0.3) is 0 Å². The summed E-state index contributed by atoms with van der Waals surface area (Å²) in [7, 11) is 0. The lowest BCUT2D eigenvalue weighted by Crippen LogP contribution is -2.22. The molecule has 0 amide bonds. The summed E-state index contributed by atoms with van der Waals surface area (Å²) >= 11 is 6.04. The monoisotopic (exact) mass is 279 g/mol. The van der Waals surface area contributed by atoms with E-state index in [2.05, 4.69) is 4.99 Å². The first-order valence-electron chi connectivity index (χ1n) is 6.64. The maximum atomic E-state index is 10.9. The second-order valence-corrected chi connectivity index (χ2v) is 5.48. The molecule has 1 aliphatic carbocycles. The van der Waals surface area contributed by atoms with Gasteiger partial charge in [0.2, 0.25) is 0 Å². The summed E-state index contributed by atoms with van der Waals surface area (Å²) in [6.45, 7) is 0.761. The molecule has 1 N–H and O–H groups in total. The molecule has 0 spiro atoms. The van der Waals surface area contributed by atoms with Crippen molar-refractivity contribution in [2.24, 2.45) is 16.8 Å². The molecule has 3 nitrogen and oxygen atoms in total. The Morgan fingerprint density at radius 2 is 2.00 bits per heavy atom. The highest BCUT2D eigenvalue weighted by Gasteiger charge is 2.25. The van der Waals surface area contributed by atoms with Crippen LogP contribution in [0.2, 0.25) is 5.02 Å². The van der Waals surface area contributed by atoms with E-state index in [9.17, 15) is 4.79 Å². The van der Waals surface area contributed by atoms with Crippen molar-refractivity contribution < 1.29 is 9.90 Å². The number of hydrogen-bond donors (Lipinski definition) is 1. The average Bonchev–Trinajstić information content (AvgIpc) is 2.41. The largest absolute Gasteiger partial charge is 0.481 e. The van der Waals surface area contributed by atoms with Gasteiger partial charge >= 0.3 is 5.97 Å². The molecule has 0 atom stereocenters. The molecule has 0 radical (unpaired) electrons. The van der Waals surface area contributed by atoms with Crippen molar-refractivity contribution in [2.75, 3.05) is 6.54 Å². The van der Waals surface area contributed by atoms with Crippen LogP contribution in [0, 0.1) is 11.8 Å². The van der Waals surface area contributed by atoms with Crippen LogP contribution in [0.5, 0.6) is 0 Å². The van der Waals surface area contributed by atoms with Crippen molar-refractivity contribution in [1.82, 2.24) is 0 Å². The molecule has 1 aromatic carbocycles. The average molecular weight is 280 g/mol. The van der Waals surface area contributed by atoms with Crippen LogP contribution in [0.1, 0.15) is 31.2 Å². The van der Waals surface area contributed by atoms with E-state index in [0.717, 1.165) is 37.8 Å². The third-order valence-electron chi connectivity index (χ3n) is 3.70. The van der Waals surface area contributed by atoms with Gasteiger partial charge in [0.15, 0.2) is 0 Å². The van der Waals surface area contributed by atoms with Crippen molar-refractivity contribution >= 4 is 23.8 Å². The van der Waals surface area contributed by atoms with Gasteiger partial charge in [0.1, 0.15) is 0 Å². The Hall–Kier alpha value is -1.35. The Kier molecular flexibility index (Phi) is 4.97. The number of hydrogen-bond acceptors (Lipinski definition) is 2. The highest BCUT2D eigenvalue weighted by Crippen LogP contribution is 2.29. The van der Waals surface area contributed by atoms with Gasteiger partial charge in [-0.25, -0.2) is 0 Å². The zero-order valence-corrected chi connectivity index (χ0v) is 11.5. The van der Waals surface area contributed by atoms with Gasteiger partial charge in [0, 0.05) is 23.3 Å². The summed E-state index contributed by atoms with van der Waals surface area (Å²) in [6.07, 6.45) is 5.28. The summed E-state index contributed by atoms with van der Waals surface area (Å²) in [4.78, 5) is 15.3. The molecule has 102 valence electrons. The Bertz CT molecular complexity index is 465. The second-order valence-electron chi connectivity index (χ2n) is 5.07. The van der Waals surface area contributed by atoms with Crippen molar-refractivity contribution in [1.29, 1.82) is 0 Å². The topological polar surface area (TPSA) is 49.7 Å². The number of carboxylic acids is 1. The summed E-state index contributed by atoms with van der Waals surface area (Å²) in [5.41, 5.74) is 0.934. The summed E-state index contributed by atoms with van der Waals surface area (Å²) in [6, 6.07) is 7.62. The van der Waals surface area contributed by atoms with Crippen molar-refractivity contribution in [3.8, 4) is 0 Å². The second kappa shape index (κ2) is 6.71. The molecule has 0 aromatic heterocycles. The van der Waals surface area contributed by atoms with Crippen LogP contribution >= 0.6 is 11.6 Å². The smallest absolute Gasteiger partial charge is 0.306 e. The predicted molar refractivity (Wildman–Crippen MR) is 77.0 cm³/mol. The molecule has 0 unspecified atom stereocenters. The van der Waals surface area contributed by atoms with Crippen LogP contribution < -0.4 is 0 Å². The van der Waals surface area contributed by atoms with E-state index in [0.29, 0.717) is 10.9 Å². The number of carbonyl (C=O) groups is 1. The summed E-state index contributed by atoms with van der Waals surface area (Å²) < 4.78 is 0. The van der Waals surface area contributed by atoms with Gasteiger partial charge in [-0.2, -0.15) is 0 Å². The third kappa shape index (κ3) is 4.06. The minimum atomic E-state index is -0.655. The van der Waals surface area contributed by atoms with Gasteiger partial charge < -0.3 is 5.11 Å². The number of benzene rings is 1. The number of aliphatic carboxylic acids is 1. The van der Waals surface area contributed by atoms with E-state index >= 15 is 0 Å². The Labute approximate surface area is 118 Å². The Morgan fingerprint density at radius 1 is 1.32 bits per heavy atom. The standard InChI is InChI=1S/C15H18ClNO2/c16-14-4-2-1-3-13(14)10-17-9-11-5-7-12(8-6-11)15(18)19/h1-4,10-12H,5-9H2,(H,18,19)/t11-,12-. The van der Waals surface area contributed by atoms with Gasteiger partial charge in [-0.15, -0.1) is 0 Å². The van der Waals surface area contributed by atoms with E-state index in [-0.39, 0.29) is 5.92 Å². The first-order valence-corrected chi connectivity index (χ1v) is 7.02. The zero-order chi connectivity index (χ0) is 13.7. The van der Waals surface area contributed by atoms with Gasteiger partial charge in [0.25, 0.3) is 0 Å². The fourth-order valence-corrected chi connectivity index (χ4v) is 2.66. The van der Waals surface area contributed by atoms with E-state index < -0.39 is 5.97 Å². The Balaban J connectivity index is 1.81. The van der Waals surface area contributed by atoms with Crippen LogP contribution in [0.15, 0.2) is 29.3 Å². The lowest BCUT2D eigenvalue weighted by Gasteiger charge is -2.24. The molecule has 1 aliphatic rings. The van der Waals surface area contributed by atoms with Crippen LogP contribution in [0.3, 0.4) is 0 Å². The van der Waals surface area contributed by atoms with Crippen molar-refractivity contribution in [3.05, 3.63) is 34.9 Å². The number of rotatable bonds is 4. The minimum Gasteiger partial charge on any atom is -0.481 e. The molecule has 19 heavy (non-hydrogen) atoms. The number of aliphatic imine (C=N–C) groups is 1. The molecule has 0 aliphatic heterocycles. The van der Waals surface area contributed by atoms with Gasteiger partial charge in [-0.3, -0.25) is 9.79 Å². The fourth-order valence-electron chi connectivity index (χ4n) is 2.47. The number of carboxylic acid groups (broad SMARTS) is 1. The molecule has 0 saturated heterocycles. The first kappa shape index (κ1) is 14.1. The van der Waals surface area contributed by atoms with Crippen molar-refractivity contribution in [2.45, 2.75) is 25.7 Å². The highest BCUT2D eigenvalue weighted by atomic mass is 35.5. The Morgan fingerprint density at radius 3 is 2.63 bits per heavy atom. The fraction of sp³-hybridized carbons (Fsp3) is 0.467. The number of nitrogens with zero attached hydrogens (tertiary/aromatic N) is 1. The lowest BCUT2D eigenvalue weighted by molar-refractivity contribution is -0.143. The molecule has 2 rings (SSSR count). The van der Waals surface area contributed by atoms with E-state index in [1.165, 1.54) is 0 Å². The summed E-state index contributed by atoms with van der Waals surface area (Å²) in [5, 5.41) is 9.64. The molecular formula is C15H18ClNO2. The SMILES string of the molecule is O=C(O)[C@H]1CC[C@H](CN=Cc2ccccc2Cl)CC1. The summed E-state index contributed by atoms with van der Waals surface area (Å²) in [5.74, 6) is -0.295. The van der Waals surface area contributed by atoms with Gasteiger partial charge in [-0.05, 0) is 37.7 Å². The maximum Gasteiger partial charge on any atom is 0.306 e. The molecule has 1 aromatic rings. The maximum absolute atomic E-state index is 10.9. The van der Waals surface area contributed by atoms with Gasteiger partial charge in [-0.1, -0.05) is 29.8 Å². The molecule has 1 fully saturated rings. The molecular weight excluding hydrogens is 262 g/mol. The van der Waals surface area contributed by atoms with Crippen LogP contribution in [-0.2, 0) is 4.79 Å².